The number of para-hydroxylation sites is 1. The van der Waals surface area contributed by atoms with Gasteiger partial charge in [0.05, 0.1) is 5.56 Å². The lowest BCUT2D eigenvalue weighted by atomic mass is 9.68. The third-order valence-corrected chi connectivity index (χ3v) is 9.23. The van der Waals surface area contributed by atoms with Crippen LogP contribution in [0.15, 0.2) is 30.5 Å². The Hall–Kier alpha value is -1.94. The molecule has 0 unspecified atom stereocenters. The highest BCUT2D eigenvalue weighted by atomic mass is 16.2. The maximum absolute atomic E-state index is 12.6. The Balaban J connectivity index is 1.30. The fraction of sp³-hybridized carbons (Fsp3) is 0.643. The topological polar surface area (TPSA) is 42.3 Å². The van der Waals surface area contributed by atoms with E-state index in [1.807, 2.05) is 18.3 Å². The molecule has 4 heteroatoms. The van der Waals surface area contributed by atoms with Crippen LogP contribution in [0.3, 0.4) is 0 Å². The van der Waals surface area contributed by atoms with Gasteiger partial charge in [0.25, 0.3) is 0 Å². The average molecular weight is 433 g/mol. The number of ketones is 2. The Bertz CT molecular complexity index is 1010. The molecule has 0 radical (unpaired) electrons. The monoisotopic (exact) mass is 432 g/mol. The summed E-state index contributed by atoms with van der Waals surface area (Å²) >= 11 is 0. The summed E-state index contributed by atoms with van der Waals surface area (Å²) in [7, 11) is 0. The Kier molecular flexibility index (Phi) is 5.24. The molecule has 4 fully saturated rings. The van der Waals surface area contributed by atoms with Gasteiger partial charge in [-0.1, -0.05) is 43.9 Å². The average Bonchev–Trinajstić information content (AvgIpc) is 3.17. The molecule has 4 aliphatic rings. The number of Topliss-reactive ketones (excluding diaryl/α,β-unsaturated/α-hetero) is 2. The summed E-state index contributed by atoms with van der Waals surface area (Å²) in [6.07, 6.45) is 17.1. The number of hydrogen-bond donors (Lipinski definition) is 0. The molecule has 3 heterocycles. The molecular formula is C28H36N2O2. The summed E-state index contributed by atoms with van der Waals surface area (Å²) in [5.41, 5.74) is 1.70. The van der Waals surface area contributed by atoms with Gasteiger partial charge < -0.3 is 4.57 Å². The first-order valence-electron chi connectivity index (χ1n) is 13.0. The van der Waals surface area contributed by atoms with Gasteiger partial charge in [-0.25, -0.2) is 0 Å². The van der Waals surface area contributed by atoms with Gasteiger partial charge in [-0.05, 0) is 62.8 Å². The molecule has 2 aliphatic carbocycles. The molecule has 1 aromatic heterocycles. The molecule has 4 nitrogen and oxygen atoms in total. The van der Waals surface area contributed by atoms with E-state index < -0.39 is 0 Å². The van der Waals surface area contributed by atoms with E-state index in [-0.39, 0.29) is 11.6 Å². The molecule has 2 saturated heterocycles. The zero-order valence-corrected chi connectivity index (χ0v) is 19.3. The predicted octanol–water partition coefficient (Wildman–Crippen LogP) is 5.94. The summed E-state index contributed by atoms with van der Waals surface area (Å²) in [6, 6.07) is 10.7. The van der Waals surface area contributed by atoms with Crippen molar-refractivity contribution in [3.8, 4) is 0 Å². The fourth-order valence-corrected chi connectivity index (χ4v) is 8.03. The van der Waals surface area contributed by atoms with Crippen LogP contribution in [0.5, 0.6) is 0 Å². The van der Waals surface area contributed by atoms with E-state index in [1.54, 1.807) is 0 Å². The largest absolute Gasteiger partial charge is 0.344 e. The number of rotatable bonds is 4. The first kappa shape index (κ1) is 20.7. The number of nitrogens with zero attached hydrogens (tertiary/aromatic N) is 2. The van der Waals surface area contributed by atoms with E-state index in [0.717, 1.165) is 28.8 Å². The summed E-state index contributed by atoms with van der Waals surface area (Å²) in [4.78, 5) is 27.5. The fourth-order valence-electron chi connectivity index (χ4n) is 8.03. The van der Waals surface area contributed by atoms with Gasteiger partial charge in [-0.2, -0.15) is 0 Å². The van der Waals surface area contributed by atoms with Crippen LogP contribution in [0.25, 0.3) is 10.9 Å². The smallest absolute Gasteiger partial charge is 0.230 e. The van der Waals surface area contributed by atoms with Crippen molar-refractivity contribution >= 4 is 22.5 Å². The van der Waals surface area contributed by atoms with Crippen LogP contribution in [0, 0.1) is 11.8 Å². The minimum absolute atomic E-state index is 0.355. The lowest BCUT2D eigenvalue weighted by molar-refractivity contribution is -0.113. The second kappa shape index (κ2) is 8.13. The number of piperidine rings is 2. The van der Waals surface area contributed by atoms with Crippen molar-refractivity contribution in [1.29, 1.82) is 0 Å². The van der Waals surface area contributed by atoms with Crippen molar-refractivity contribution in [3.05, 3.63) is 36.0 Å². The third kappa shape index (κ3) is 3.46. The quantitative estimate of drug-likeness (QED) is 0.443. The van der Waals surface area contributed by atoms with Crippen LogP contribution >= 0.6 is 0 Å². The molecule has 6 rings (SSSR count). The zero-order chi connectivity index (χ0) is 21.8. The number of hydrogen-bond acceptors (Lipinski definition) is 3. The summed E-state index contributed by atoms with van der Waals surface area (Å²) < 4.78 is 2.35. The molecule has 32 heavy (non-hydrogen) atoms. The summed E-state index contributed by atoms with van der Waals surface area (Å²) in [5, 5.41) is 0.931. The van der Waals surface area contributed by atoms with Crippen LogP contribution < -0.4 is 0 Å². The van der Waals surface area contributed by atoms with Crippen LogP contribution in [-0.2, 0) is 4.79 Å². The van der Waals surface area contributed by atoms with Crippen LogP contribution in [-0.4, -0.2) is 39.2 Å². The zero-order valence-electron chi connectivity index (χ0n) is 19.3. The van der Waals surface area contributed by atoms with E-state index in [4.69, 9.17) is 0 Å². The van der Waals surface area contributed by atoms with E-state index in [9.17, 15) is 9.59 Å². The van der Waals surface area contributed by atoms with Gasteiger partial charge >= 0.3 is 0 Å². The van der Waals surface area contributed by atoms with Crippen molar-refractivity contribution in [2.24, 2.45) is 11.8 Å². The molecule has 0 amide bonds. The van der Waals surface area contributed by atoms with Crippen LogP contribution in [0.2, 0.25) is 0 Å². The Labute approximate surface area is 191 Å². The first-order valence-corrected chi connectivity index (χ1v) is 13.0. The van der Waals surface area contributed by atoms with Crippen molar-refractivity contribution in [3.63, 3.8) is 0 Å². The summed E-state index contributed by atoms with van der Waals surface area (Å²) in [5.74, 6) is 1.22. The molecule has 4 bridgehead atoms. The van der Waals surface area contributed by atoms with Gasteiger partial charge in [-0.15, -0.1) is 0 Å². The van der Waals surface area contributed by atoms with E-state index in [0.29, 0.717) is 23.7 Å². The number of carbonyl (C=O) groups excluding carboxylic acids is 2. The minimum Gasteiger partial charge on any atom is -0.344 e. The van der Waals surface area contributed by atoms with Gasteiger partial charge in [0.15, 0.2) is 5.78 Å². The number of carbonyl (C=O) groups is 2. The number of fused-ring (bicyclic) bond motifs is 5. The lowest BCUT2D eigenvalue weighted by Gasteiger charge is -2.55. The van der Waals surface area contributed by atoms with Gasteiger partial charge in [0, 0.05) is 48.2 Å². The number of aromatic nitrogens is 1. The predicted molar refractivity (Wildman–Crippen MR) is 127 cm³/mol. The van der Waals surface area contributed by atoms with E-state index in [1.165, 1.54) is 77.6 Å². The Morgan fingerprint density at radius 2 is 1.44 bits per heavy atom. The van der Waals surface area contributed by atoms with Crippen molar-refractivity contribution in [2.75, 3.05) is 0 Å². The molecule has 0 spiro atoms. The Morgan fingerprint density at radius 3 is 2.12 bits per heavy atom. The SMILES string of the molecule is CC(=O)C(=O)c1cn([C@H]2C[C@H]3CCC[C@@H](C2)N3[C@H]2C[C@@H]3CCC[C@@H](C3)C2)c2ccccc12. The van der Waals surface area contributed by atoms with E-state index >= 15 is 0 Å². The van der Waals surface area contributed by atoms with Gasteiger partial charge in [-0.3, -0.25) is 14.5 Å². The third-order valence-electron chi connectivity index (χ3n) is 9.23. The second-order valence-electron chi connectivity index (χ2n) is 11.2. The van der Waals surface area contributed by atoms with Gasteiger partial charge in [0.1, 0.15) is 0 Å². The second-order valence-corrected chi connectivity index (χ2v) is 11.2. The molecular weight excluding hydrogens is 396 g/mol. The standard InChI is InChI=1S/C28H36N2O2/c1-18(31)28(32)26-17-29(27-11-3-2-10-25(26)27)23-15-21-8-5-9-22(16-23)30(21)24-13-19-6-4-7-20(12-19)14-24/h2-3,10-11,17,19-24H,4-9,12-16H2,1H3/t19-,20+,21-,22+,23+,24+. The normalized spacial score (nSPS) is 35.0. The van der Waals surface area contributed by atoms with Crippen LogP contribution in [0.1, 0.15) is 94.0 Å². The molecule has 2 saturated carbocycles. The van der Waals surface area contributed by atoms with Crippen LogP contribution in [0.4, 0.5) is 0 Å². The lowest BCUT2D eigenvalue weighted by Crippen LogP contribution is -2.58. The summed E-state index contributed by atoms with van der Waals surface area (Å²) in [6.45, 7) is 1.39. The van der Waals surface area contributed by atoms with Crippen molar-refractivity contribution < 1.29 is 9.59 Å². The highest BCUT2D eigenvalue weighted by Crippen LogP contribution is 2.48. The molecule has 6 atom stereocenters. The van der Waals surface area contributed by atoms with Crippen molar-refractivity contribution in [1.82, 2.24) is 9.47 Å². The maximum Gasteiger partial charge on any atom is 0.230 e. The maximum atomic E-state index is 12.6. The molecule has 2 aliphatic heterocycles. The highest BCUT2D eigenvalue weighted by Gasteiger charge is 2.45. The Morgan fingerprint density at radius 1 is 0.781 bits per heavy atom. The minimum atomic E-state index is -0.373. The van der Waals surface area contributed by atoms with Crippen molar-refractivity contribution in [2.45, 2.75) is 102 Å². The number of benzene rings is 1. The molecule has 1 aromatic carbocycles. The van der Waals surface area contributed by atoms with E-state index in [2.05, 4.69) is 21.6 Å². The first-order chi connectivity index (χ1) is 15.6. The van der Waals surface area contributed by atoms with Gasteiger partial charge in [0.2, 0.25) is 5.78 Å². The molecule has 0 N–H and O–H groups in total. The molecule has 2 aromatic rings. The highest BCUT2D eigenvalue weighted by molar-refractivity contribution is 6.45. The molecule has 170 valence electrons.